The third-order valence-corrected chi connectivity index (χ3v) is 3.07. The maximum atomic E-state index is 10.1. The van der Waals surface area contributed by atoms with Gasteiger partial charge in [-0.25, -0.2) is 4.68 Å². The minimum Gasteiger partial charge on any atom is -0.387 e. The summed E-state index contributed by atoms with van der Waals surface area (Å²) in [5.41, 5.74) is 2.12. The SMILES string of the molecule is CCn1nncc1C(O)CCCc1ccccc1. The van der Waals surface area contributed by atoms with Crippen LogP contribution >= 0.6 is 0 Å². The van der Waals surface area contributed by atoms with E-state index in [1.807, 2.05) is 25.1 Å². The zero-order valence-corrected chi connectivity index (χ0v) is 10.7. The van der Waals surface area contributed by atoms with Gasteiger partial charge in [0.15, 0.2) is 0 Å². The van der Waals surface area contributed by atoms with Crippen LogP contribution in [-0.4, -0.2) is 20.1 Å². The van der Waals surface area contributed by atoms with Crippen LogP contribution in [0.3, 0.4) is 0 Å². The molecule has 0 saturated carbocycles. The topological polar surface area (TPSA) is 50.9 Å². The van der Waals surface area contributed by atoms with Crippen molar-refractivity contribution in [2.45, 2.75) is 38.8 Å². The van der Waals surface area contributed by atoms with E-state index in [-0.39, 0.29) is 0 Å². The van der Waals surface area contributed by atoms with Crippen LogP contribution in [0.4, 0.5) is 0 Å². The summed E-state index contributed by atoms with van der Waals surface area (Å²) in [6, 6.07) is 10.3. The molecule has 1 unspecified atom stereocenters. The van der Waals surface area contributed by atoms with E-state index in [1.54, 1.807) is 10.9 Å². The first-order chi connectivity index (χ1) is 8.81. The molecule has 0 aliphatic carbocycles. The molecule has 1 atom stereocenters. The van der Waals surface area contributed by atoms with Crippen molar-refractivity contribution in [2.75, 3.05) is 0 Å². The molecule has 0 amide bonds. The van der Waals surface area contributed by atoms with Gasteiger partial charge in [-0.05, 0) is 31.7 Å². The Labute approximate surface area is 107 Å². The lowest BCUT2D eigenvalue weighted by Crippen LogP contribution is -2.08. The highest BCUT2D eigenvalue weighted by atomic mass is 16.3. The molecular formula is C14H19N3O. The molecule has 1 aromatic heterocycles. The zero-order valence-electron chi connectivity index (χ0n) is 10.7. The fourth-order valence-electron chi connectivity index (χ4n) is 2.06. The highest BCUT2D eigenvalue weighted by Crippen LogP contribution is 2.18. The normalized spacial score (nSPS) is 12.6. The smallest absolute Gasteiger partial charge is 0.0973 e. The summed E-state index contributed by atoms with van der Waals surface area (Å²) in [6.07, 6.45) is 3.87. The van der Waals surface area contributed by atoms with Gasteiger partial charge >= 0.3 is 0 Å². The predicted octanol–water partition coefficient (Wildman–Crippen LogP) is 2.35. The van der Waals surface area contributed by atoms with Gasteiger partial charge < -0.3 is 5.11 Å². The fourth-order valence-corrected chi connectivity index (χ4v) is 2.06. The average molecular weight is 245 g/mol. The number of benzene rings is 1. The molecule has 1 heterocycles. The molecule has 18 heavy (non-hydrogen) atoms. The molecule has 0 spiro atoms. The van der Waals surface area contributed by atoms with Crippen LogP contribution in [0.5, 0.6) is 0 Å². The summed E-state index contributed by atoms with van der Waals surface area (Å²) in [7, 11) is 0. The quantitative estimate of drug-likeness (QED) is 0.850. The third-order valence-electron chi connectivity index (χ3n) is 3.07. The van der Waals surface area contributed by atoms with Crippen LogP contribution in [0.1, 0.15) is 37.1 Å². The number of hydrogen-bond donors (Lipinski definition) is 1. The van der Waals surface area contributed by atoms with Crippen molar-refractivity contribution in [3.8, 4) is 0 Å². The number of nitrogens with zero attached hydrogens (tertiary/aromatic N) is 3. The molecule has 1 aromatic carbocycles. The van der Waals surface area contributed by atoms with Gasteiger partial charge in [0.25, 0.3) is 0 Å². The summed E-state index contributed by atoms with van der Waals surface area (Å²) in [6.45, 7) is 2.74. The van der Waals surface area contributed by atoms with Crippen LogP contribution in [0.25, 0.3) is 0 Å². The zero-order chi connectivity index (χ0) is 12.8. The van der Waals surface area contributed by atoms with Crippen LogP contribution in [0.2, 0.25) is 0 Å². The molecule has 0 aliphatic rings. The average Bonchev–Trinajstić information content (AvgIpc) is 2.88. The number of hydrogen-bond acceptors (Lipinski definition) is 3. The molecule has 1 N–H and O–H groups in total. The lowest BCUT2D eigenvalue weighted by atomic mass is 10.0. The van der Waals surface area contributed by atoms with Gasteiger partial charge in [0.1, 0.15) is 0 Å². The van der Waals surface area contributed by atoms with Crippen LogP contribution in [0.15, 0.2) is 36.5 Å². The van der Waals surface area contributed by atoms with Crippen LogP contribution < -0.4 is 0 Å². The van der Waals surface area contributed by atoms with E-state index in [2.05, 4.69) is 22.4 Å². The lowest BCUT2D eigenvalue weighted by Gasteiger charge is -2.11. The first kappa shape index (κ1) is 12.8. The summed E-state index contributed by atoms with van der Waals surface area (Å²) >= 11 is 0. The van der Waals surface area contributed by atoms with E-state index in [0.717, 1.165) is 31.5 Å². The number of aryl methyl sites for hydroxylation is 2. The molecule has 0 bridgehead atoms. The highest BCUT2D eigenvalue weighted by molar-refractivity contribution is 5.14. The Morgan fingerprint density at radius 2 is 2.06 bits per heavy atom. The third kappa shape index (κ3) is 3.17. The van der Waals surface area contributed by atoms with E-state index in [9.17, 15) is 5.11 Å². The lowest BCUT2D eigenvalue weighted by molar-refractivity contribution is 0.154. The second-order valence-corrected chi connectivity index (χ2v) is 4.37. The maximum Gasteiger partial charge on any atom is 0.0973 e. The van der Waals surface area contributed by atoms with Gasteiger partial charge in [-0.3, -0.25) is 0 Å². The van der Waals surface area contributed by atoms with E-state index < -0.39 is 6.10 Å². The summed E-state index contributed by atoms with van der Waals surface area (Å²) in [4.78, 5) is 0. The Balaban J connectivity index is 1.84. The molecule has 2 aromatic rings. The molecule has 0 radical (unpaired) electrons. The van der Waals surface area contributed by atoms with Crippen molar-refractivity contribution in [2.24, 2.45) is 0 Å². The number of aliphatic hydroxyl groups excluding tert-OH is 1. The number of aliphatic hydroxyl groups is 1. The molecule has 2 rings (SSSR count). The second kappa shape index (κ2) is 6.31. The molecule has 4 nitrogen and oxygen atoms in total. The molecule has 0 saturated heterocycles. The Bertz CT molecular complexity index is 467. The summed E-state index contributed by atoms with van der Waals surface area (Å²) < 4.78 is 1.74. The van der Waals surface area contributed by atoms with Crippen LogP contribution in [-0.2, 0) is 13.0 Å². The van der Waals surface area contributed by atoms with Crippen molar-refractivity contribution in [1.82, 2.24) is 15.0 Å². The number of rotatable bonds is 6. The minimum atomic E-state index is -0.469. The molecule has 96 valence electrons. The Morgan fingerprint density at radius 1 is 1.28 bits per heavy atom. The van der Waals surface area contributed by atoms with Crippen LogP contribution in [0, 0.1) is 0 Å². The van der Waals surface area contributed by atoms with Gasteiger partial charge in [0.2, 0.25) is 0 Å². The van der Waals surface area contributed by atoms with Crippen molar-refractivity contribution >= 4 is 0 Å². The van der Waals surface area contributed by atoms with Crippen molar-refractivity contribution < 1.29 is 5.11 Å². The van der Waals surface area contributed by atoms with Gasteiger partial charge in [-0.15, -0.1) is 5.10 Å². The minimum absolute atomic E-state index is 0.469. The van der Waals surface area contributed by atoms with Gasteiger partial charge in [-0.1, -0.05) is 35.5 Å². The molecule has 4 heteroatoms. The second-order valence-electron chi connectivity index (χ2n) is 4.37. The molecular weight excluding hydrogens is 226 g/mol. The first-order valence-electron chi connectivity index (χ1n) is 6.41. The number of aromatic nitrogens is 3. The standard InChI is InChI=1S/C14H19N3O/c1-2-17-13(11-15-16-17)14(18)10-6-9-12-7-4-3-5-8-12/h3-5,7-8,11,14,18H,2,6,9-10H2,1H3. The largest absolute Gasteiger partial charge is 0.387 e. The maximum absolute atomic E-state index is 10.1. The molecule has 0 aliphatic heterocycles. The molecule has 0 fully saturated rings. The summed E-state index contributed by atoms with van der Waals surface area (Å²) in [5.74, 6) is 0. The predicted molar refractivity (Wildman–Crippen MR) is 70.0 cm³/mol. The Morgan fingerprint density at radius 3 is 2.78 bits per heavy atom. The van der Waals surface area contributed by atoms with Crippen molar-refractivity contribution in [3.05, 3.63) is 47.8 Å². The van der Waals surface area contributed by atoms with E-state index in [1.165, 1.54) is 5.56 Å². The van der Waals surface area contributed by atoms with E-state index in [0.29, 0.717) is 0 Å². The summed E-state index contributed by atoms with van der Waals surface area (Å²) in [5, 5.41) is 17.9. The van der Waals surface area contributed by atoms with E-state index >= 15 is 0 Å². The fraction of sp³-hybridized carbons (Fsp3) is 0.429. The van der Waals surface area contributed by atoms with Crippen molar-refractivity contribution in [1.29, 1.82) is 0 Å². The van der Waals surface area contributed by atoms with Gasteiger partial charge in [-0.2, -0.15) is 0 Å². The van der Waals surface area contributed by atoms with E-state index in [4.69, 9.17) is 0 Å². The first-order valence-corrected chi connectivity index (χ1v) is 6.41. The van der Waals surface area contributed by atoms with Gasteiger partial charge in [0.05, 0.1) is 18.0 Å². The highest BCUT2D eigenvalue weighted by Gasteiger charge is 2.12. The van der Waals surface area contributed by atoms with Gasteiger partial charge in [0, 0.05) is 6.54 Å². The Hall–Kier alpha value is -1.68. The van der Waals surface area contributed by atoms with Crippen molar-refractivity contribution in [3.63, 3.8) is 0 Å². The monoisotopic (exact) mass is 245 g/mol. The Kier molecular flexibility index (Phi) is 4.47.